The average Bonchev–Trinajstić information content (AvgIpc) is 2.97. The number of rotatable bonds is 6. The molecule has 110 valence electrons. The van der Waals surface area contributed by atoms with Gasteiger partial charge in [-0.3, -0.25) is 4.79 Å². The fraction of sp³-hybridized carbons (Fsp3) is 0.562. The van der Waals surface area contributed by atoms with Gasteiger partial charge in [-0.2, -0.15) is 0 Å². The summed E-state index contributed by atoms with van der Waals surface area (Å²) in [6.45, 7) is 3.11. The van der Waals surface area contributed by atoms with Crippen molar-refractivity contribution in [1.29, 1.82) is 0 Å². The molecular weight excluding hydrogens is 252 g/mol. The van der Waals surface area contributed by atoms with Crippen LogP contribution in [-0.2, 0) is 4.79 Å². The first-order valence-corrected chi connectivity index (χ1v) is 7.44. The van der Waals surface area contributed by atoms with Gasteiger partial charge in [0.1, 0.15) is 12.4 Å². The Morgan fingerprint density at radius 1 is 1.30 bits per heavy atom. The molecular formula is C16H24N2O2. The molecule has 0 saturated heterocycles. The van der Waals surface area contributed by atoms with Crippen LogP contribution in [-0.4, -0.2) is 19.1 Å². The molecule has 0 atom stereocenters. The molecule has 0 aromatic heterocycles. The minimum atomic E-state index is -0.158. The van der Waals surface area contributed by atoms with E-state index in [0.29, 0.717) is 13.2 Å². The molecule has 1 fully saturated rings. The van der Waals surface area contributed by atoms with Crippen molar-refractivity contribution in [3.8, 4) is 5.75 Å². The highest BCUT2D eigenvalue weighted by molar-refractivity contribution is 5.95. The molecule has 4 heteroatoms. The van der Waals surface area contributed by atoms with E-state index in [0.717, 1.165) is 43.5 Å². The molecule has 0 radical (unpaired) electrons. The fourth-order valence-electron chi connectivity index (χ4n) is 2.87. The van der Waals surface area contributed by atoms with E-state index >= 15 is 0 Å². The van der Waals surface area contributed by atoms with Crippen LogP contribution in [0.15, 0.2) is 24.3 Å². The molecule has 1 saturated carbocycles. The zero-order valence-corrected chi connectivity index (χ0v) is 12.2. The van der Waals surface area contributed by atoms with Crippen molar-refractivity contribution in [3.63, 3.8) is 0 Å². The Hall–Kier alpha value is -1.55. The van der Waals surface area contributed by atoms with Crippen molar-refractivity contribution < 1.29 is 9.53 Å². The number of ether oxygens (including phenoxy) is 1. The number of nitrogens with one attached hydrogen (secondary N) is 1. The molecule has 4 nitrogen and oxygen atoms in total. The third kappa shape index (κ3) is 3.31. The number of hydrogen-bond acceptors (Lipinski definition) is 3. The molecule has 20 heavy (non-hydrogen) atoms. The van der Waals surface area contributed by atoms with Gasteiger partial charge < -0.3 is 15.8 Å². The Morgan fingerprint density at radius 2 is 1.95 bits per heavy atom. The number of nitrogens with two attached hydrogens (primary N) is 1. The second kappa shape index (κ2) is 6.75. The maximum absolute atomic E-state index is 12.5. The number of amides is 1. The van der Waals surface area contributed by atoms with E-state index in [9.17, 15) is 4.79 Å². The summed E-state index contributed by atoms with van der Waals surface area (Å²) in [4.78, 5) is 12.5. The summed E-state index contributed by atoms with van der Waals surface area (Å²) < 4.78 is 5.42. The highest BCUT2D eigenvalue weighted by Gasteiger charge is 2.39. The van der Waals surface area contributed by atoms with Crippen LogP contribution in [0.3, 0.4) is 0 Å². The van der Waals surface area contributed by atoms with Crippen molar-refractivity contribution in [2.75, 3.05) is 18.5 Å². The lowest BCUT2D eigenvalue weighted by Gasteiger charge is -2.26. The quantitative estimate of drug-likeness (QED) is 0.839. The van der Waals surface area contributed by atoms with Crippen molar-refractivity contribution in [1.82, 2.24) is 0 Å². The van der Waals surface area contributed by atoms with Crippen LogP contribution in [0.4, 0.5) is 5.69 Å². The Morgan fingerprint density at radius 3 is 2.50 bits per heavy atom. The smallest absolute Gasteiger partial charge is 0.230 e. The van der Waals surface area contributed by atoms with E-state index in [1.165, 1.54) is 0 Å². The highest BCUT2D eigenvalue weighted by Crippen LogP contribution is 2.41. The van der Waals surface area contributed by atoms with Crippen LogP contribution in [0.5, 0.6) is 5.75 Å². The van der Waals surface area contributed by atoms with Crippen LogP contribution in [0.2, 0.25) is 0 Å². The topological polar surface area (TPSA) is 64.3 Å². The van der Waals surface area contributed by atoms with Gasteiger partial charge in [-0.25, -0.2) is 0 Å². The van der Waals surface area contributed by atoms with Crippen LogP contribution >= 0.6 is 0 Å². The van der Waals surface area contributed by atoms with Crippen LogP contribution in [0.25, 0.3) is 0 Å². The van der Waals surface area contributed by atoms with Gasteiger partial charge in [0.15, 0.2) is 0 Å². The Bertz CT molecular complexity index is 436. The minimum absolute atomic E-state index is 0.158. The first kappa shape index (κ1) is 14.9. The average molecular weight is 276 g/mol. The number of carbonyl (C=O) groups excluding carboxylic acids is 1. The van der Waals surface area contributed by atoms with Crippen LogP contribution in [0, 0.1) is 5.41 Å². The van der Waals surface area contributed by atoms with Gasteiger partial charge in [-0.15, -0.1) is 0 Å². The summed E-state index contributed by atoms with van der Waals surface area (Å²) in [6.07, 6.45) is 5.25. The van der Waals surface area contributed by atoms with Crippen molar-refractivity contribution in [3.05, 3.63) is 24.3 Å². The van der Waals surface area contributed by atoms with Crippen molar-refractivity contribution in [2.45, 2.75) is 39.0 Å². The summed E-state index contributed by atoms with van der Waals surface area (Å²) in [5, 5.41) is 3.04. The summed E-state index contributed by atoms with van der Waals surface area (Å²) >= 11 is 0. The monoisotopic (exact) mass is 276 g/mol. The van der Waals surface area contributed by atoms with E-state index in [2.05, 4.69) is 12.2 Å². The van der Waals surface area contributed by atoms with Gasteiger partial charge in [0, 0.05) is 17.6 Å². The molecule has 3 N–H and O–H groups in total. The van der Waals surface area contributed by atoms with Crippen molar-refractivity contribution >= 4 is 11.6 Å². The molecule has 0 aliphatic heterocycles. The largest absolute Gasteiger partial charge is 0.492 e. The third-order valence-electron chi connectivity index (χ3n) is 4.22. The summed E-state index contributed by atoms with van der Waals surface area (Å²) in [5.41, 5.74) is 6.06. The third-order valence-corrected chi connectivity index (χ3v) is 4.22. The summed E-state index contributed by atoms with van der Waals surface area (Å²) in [7, 11) is 0. The fourth-order valence-corrected chi connectivity index (χ4v) is 2.87. The number of benzene rings is 1. The van der Waals surface area contributed by atoms with Crippen LogP contribution in [0.1, 0.15) is 39.0 Å². The Kier molecular flexibility index (Phi) is 5.01. The molecule has 0 heterocycles. The standard InChI is InChI=1S/C16H24N2O2/c1-2-16(9-3-4-10-16)15(19)18-13-5-7-14(8-6-13)20-12-11-17/h5-8H,2-4,9-12,17H2,1H3,(H,18,19). The summed E-state index contributed by atoms with van der Waals surface area (Å²) in [6, 6.07) is 7.47. The molecule has 0 spiro atoms. The Labute approximate surface area is 120 Å². The van der Waals surface area contributed by atoms with E-state index in [1.54, 1.807) is 0 Å². The van der Waals surface area contributed by atoms with E-state index in [4.69, 9.17) is 10.5 Å². The number of hydrogen-bond donors (Lipinski definition) is 2. The zero-order valence-electron chi connectivity index (χ0n) is 12.2. The highest BCUT2D eigenvalue weighted by atomic mass is 16.5. The first-order valence-electron chi connectivity index (χ1n) is 7.44. The van der Waals surface area contributed by atoms with Gasteiger partial charge >= 0.3 is 0 Å². The van der Waals surface area contributed by atoms with Gasteiger partial charge in [0.25, 0.3) is 0 Å². The zero-order chi connectivity index (χ0) is 14.4. The second-order valence-electron chi connectivity index (χ2n) is 5.46. The first-order chi connectivity index (χ1) is 9.70. The lowest BCUT2D eigenvalue weighted by atomic mass is 9.82. The minimum Gasteiger partial charge on any atom is -0.492 e. The maximum atomic E-state index is 12.5. The number of anilines is 1. The molecule has 2 rings (SSSR count). The van der Waals surface area contributed by atoms with Crippen molar-refractivity contribution in [2.24, 2.45) is 11.1 Å². The lowest BCUT2D eigenvalue weighted by molar-refractivity contribution is -0.125. The molecule has 1 aliphatic carbocycles. The molecule has 1 aliphatic rings. The predicted octanol–water partition coefficient (Wildman–Crippen LogP) is 2.93. The number of carbonyl (C=O) groups is 1. The Balaban J connectivity index is 1.97. The normalized spacial score (nSPS) is 16.9. The van der Waals surface area contributed by atoms with Crippen LogP contribution < -0.4 is 15.8 Å². The SMILES string of the molecule is CCC1(C(=O)Nc2ccc(OCCN)cc2)CCCC1. The van der Waals surface area contributed by atoms with Gasteiger partial charge in [0.2, 0.25) is 5.91 Å². The predicted molar refractivity (Wildman–Crippen MR) is 80.8 cm³/mol. The molecule has 1 amide bonds. The summed E-state index contributed by atoms with van der Waals surface area (Å²) in [5.74, 6) is 0.938. The molecule has 0 unspecified atom stereocenters. The van der Waals surface area contributed by atoms with E-state index in [-0.39, 0.29) is 11.3 Å². The molecule has 1 aromatic rings. The van der Waals surface area contributed by atoms with Gasteiger partial charge in [-0.05, 0) is 43.5 Å². The lowest BCUT2D eigenvalue weighted by Crippen LogP contribution is -2.33. The van der Waals surface area contributed by atoms with E-state index < -0.39 is 0 Å². The second-order valence-corrected chi connectivity index (χ2v) is 5.46. The molecule has 1 aromatic carbocycles. The molecule has 0 bridgehead atoms. The van der Waals surface area contributed by atoms with Gasteiger partial charge in [-0.1, -0.05) is 19.8 Å². The van der Waals surface area contributed by atoms with Gasteiger partial charge in [0.05, 0.1) is 0 Å². The maximum Gasteiger partial charge on any atom is 0.230 e. The van der Waals surface area contributed by atoms with E-state index in [1.807, 2.05) is 24.3 Å².